The van der Waals surface area contributed by atoms with Crippen molar-refractivity contribution in [3.8, 4) is 0 Å². The highest BCUT2D eigenvalue weighted by atomic mass is 31.1. The third-order valence-electron chi connectivity index (χ3n) is 6.58. The molecule has 35 heavy (non-hydrogen) atoms. The van der Waals surface area contributed by atoms with Gasteiger partial charge in [-0.15, -0.1) is 0 Å². The van der Waals surface area contributed by atoms with Gasteiger partial charge in [0.2, 0.25) is 11.8 Å². The molecule has 180 valence electrons. The lowest BCUT2D eigenvalue weighted by molar-refractivity contribution is -0.138. The number of anilines is 2. The Balaban J connectivity index is 2.10. The zero-order valence-electron chi connectivity index (χ0n) is 21.9. The van der Waals surface area contributed by atoms with Gasteiger partial charge in [0.25, 0.3) is 0 Å². The van der Waals surface area contributed by atoms with Crippen molar-refractivity contribution in [2.24, 2.45) is 5.41 Å². The van der Waals surface area contributed by atoms with E-state index in [9.17, 15) is 9.59 Å². The van der Waals surface area contributed by atoms with Crippen LogP contribution in [0.2, 0.25) is 0 Å². The quantitative estimate of drug-likeness (QED) is 0.323. The first kappa shape index (κ1) is 24.9. The number of hydrogen-bond donors (Lipinski definition) is 0. The highest BCUT2D eigenvalue weighted by Gasteiger charge is 2.52. The number of benzene rings is 3. The molecule has 0 saturated carbocycles. The molecule has 0 N–H and O–H groups in total. The lowest BCUT2D eigenvalue weighted by Gasteiger charge is -2.45. The number of rotatable bonds is 3. The molecular weight excluding hydrogens is 451 g/mol. The molecule has 0 aliphatic carbocycles. The number of carbonyl (C=O) groups is 2. The predicted molar refractivity (Wildman–Crippen MR) is 148 cm³/mol. The molecule has 0 spiro atoms. The first-order chi connectivity index (χ1) is 16.4. The van der Waals surface area contributed by atoms with Gasteiger partial charge in [0, 0.05) is 5.30 Å². The van der Waals surface area contributed by atoms with E-state index in [2.05, 4.69) is 38.1 Å². The molecule has 4 nitrogen and oxygen atoms in total. The van der Waals surface area contributed by atoms with Crippen LogP contribution in [0, 0.1) is 47.0 Å². The Morgan fingerprint density at radius 2 is 1.00 bits per heavy atom. The largest absolute Gasteiger partial charge is 0.273 e. The summed E-state index contributed by atoms with van der Waals surface area (Å²) in [6, 6.07) is 18.4. The molecule has 0 unspecified atom stereocenters. The highest BCUT2D eigenvalue weighted by molar-refractivity contribution is 7.50. The fraction of sp³-hybridized carbons (Fsp3) is 0.300. The van der Waals surface area contributed by atoms with E-state index in [1.54, 1.807) is 23.6 Å². The highest BCUT2D eigenvalue weighted by Crippen LogP contribution is 2.41. The van der Waals surface area contributed by atoms with Crippen LogP contribution >= 0.6 is 8.20 Å². The monoisotopic (exact) mass is 484 g/mol. The van der Waals surface area contributed by atoms with Crippen LogP contribution in [0.3, 0.4) is 0 Å². The van der Waals surface area contributed by atoms with E-state index in [1.165, 1.54) is 0 Å². The molecule has 1 aliphatic heterocycles. The summed E-state index contributed by atoms with van der Waals surface area (Å²) in [5, 5.41) is 1.02. The van der Waals surface area contributed by atoms with E-state index in [1.807, 2.05) is 58.0 Å². The Morgan fingerprint density at radius 3 is 1.37 bits per heavy atom. The average molecular weight is 485 g/mol. The van der Waals surface area contributed by atoms with E-state index in [4.69, 9.17) is 0 Å². The van der Waals surface area contributed by atoms with Crippen molar-refractivity contribution in [2.75, 3.05) is 9.80 Å². The SMILES string of the molecule is Cc1cc(C)c(N2C(=O)C(C)(C)C(=O)N(c3c(C)cc(C)cc3C)C2=Pc2ccccc2)c(C)c1. The minimum atomic E-state index is -1.22. The fourth-order valence-electron chi connectivity index (χ4n) is 5.10. The van der Waals surface area contributed by atoms with E-state index >= 15 is 0 Å². The molecule has 5 heteroatoms. The van der Waals surface area contributed by atoms with Gasteiger partial charge in [0.05, 0.1) is 11.4 Å². The Labute approximate surface area is 210 Å². The lowest BCUT2D eigenvalue weighted by Crippen LogP contribution is -2.64. The summed E-state index contributed by atoms with van der Waals surface area (Å²) in [5.74, 6) is -0.399. The van der Waals surface area contributed by atoms with E-state index in [-0.39, 0.29) is 11.8 Å². The third kappa shape index (κ3) is 4.32. The van der Waals surface area contributed by atoms with Crippen LogP contribution in [0.4, 0.5) is 11.4 Å². The van der Waals surface area contributed by atoms with Gasteiger partial charge in [-0.2, -0.15) is 0 Å². The van der Waals surface area contributed by atoms with E-state index in [0.29, 0.717) is 5.54 Å². The maximum Gasteiger partial charge on any atom is 0.248 e. The van der Waals surface area contributed by atoms with Crippen molar-refractivity contribution in [1.82, 2.24) is 0 Å². The van der Waals surface area contributed by atoms with Gasteiger partial charge in [0.15, 0.2) is 5.54 Å². The average Bonchev–Trinajstić information content (AvgIpc) is 2.76. The first-order valence-corrected chi connectivity index (χ1v) is 12.8. The second-order valence-corrected chi connectivity index (χ2v) is 11.3. The summed E-state index contributed by atoms with van der Waals surface area (Å²) >= 11 is 0. The summed E-state index contributed by atoms with van der Waals surface area (Å²) in [6.45, 7) is 15.8. The molecule has 1 aliphatic rings. The fourth-order valence-corrected chi connectivity index (χ4v) is 6.24. The van der Waals surface area contributed by atoms with Crippen molar-refractivity contribution >= 4 is 42.2 Å². The maximum atomic E-state index is 14.1. The van der Waals surface area contributed by atoms with Crippen molar-refractivity contribution in [3.05, 3.63) is 88.0 Å². The number of hydrogen-bond acceptors (Lipinski definition) is 2. The molecule has 0 aromatic heterocycles. The van der Waals surface area contributed by atoms with Crippen molar-refractivity contribution in [2.45, 2.75) is 55.4 Å². The lowest BCUT2D eigenvalue weighted by atomic mass is 9.86. The molecule has 4 rings (SSSR count). The topological polar surface area (TPSA) is 40.6 Å². The predicted octanol–water partition coefficient (Wildman–Crippen LogP) is 6.30. The summed E-state index contributed by atoms with van der Waals surface area (Å²) < 4.78 is 0. The normalized spacial score (nSPS) is 15.8. The van der Waals surface area contributed by atoms with Gasteiger partial charge in [0.1, 0.15) is 5.41 Å². The van der Waals surface area contributed by atoms with Gasteiger partial charge >= 0.3 is 0 Å². The Kier molecular flexibility index (Phi) is 6.46. The summed E-state index contributed by atoms with van der Waals surface area (Å²) in [4.78, 5) is 31.8. The molecule has 1 heterocycles. The van der Waals surface area contributed by atoms with Crippen LogP contribution in [0.5, 0.6) is 0 Å². The summed E-state index contributed by atoms with van der Waals surface area (Å²) in [6.07, 6.45) is 0. The summed E-state index contributed by atoms with van der Waals surface area (Å²) in [7, 11) is 0.784. The van der Waals surface area contributed by atoms with Gasteiger partial charge < -0.3 is 0 Å². The second kappa shape index (κ2) is 9.09. The number of nitrogens with zero attached hydrogens (tertiary/aromatic N) is 2. The Morgan fingerprint density at radius 1 is 0.629 bits per heavy atom. The van der Waals surface area contributed by atoms with Gasteiger partial charge in [-0.3, -0.25) is 19.4 Å². The van der Waals surface area contributed by atoms with Crippen LogP contribution in [0.1, 0.15) is 47.2 Å². The number of amides is 2. The first-order valence-electron chi connectivity index (χ1n) is 11.9. The molecule has 3 aromatic carbocycles. The van der Waals surface area contributed by atoms with Crippen molar-refractivity contribution < 1.29 is 9.59 Å². The Bertz CT molecular complexity index is 1240. The zero-order chi connectivity index (χ0) is 25.7. The third-order valence-corrected chi connectivity index (χ3v) is 7.74. The van der Waals surface area contributed by atoms with Gasteiger partial charge in [-0.05, 0) is 85.8 Å². The maximum absolute atomic E-state index is 14.1. The molecule has 0 bridgehead atoms. The minimum Gasteiger partial charge on any atom is -0.273 e. The smallest absolute Gasteiger partial charge is 0.248 e. The molecule has 3 aromatic rings. The molecule has 0 radical (unpaired) electrons. The molecule has 0 atom stereocenters. The van der Waals surface area contributed by atoms with Crippen LogP contribution < -0.4 is 15.1 Å². The second-order valence-electron chi connectivity index (χ2n) is 10.1. The number of carbonyl (C=O) groups excluding carboxylic acids is 2. The minimum absolute atomic E-state index is 0.199. The van der Waals surface area contributed by atoms with E-state index in [0.717, 1.165) is 58.3 Å². The van der Waals surface area contributed by atoms with E-state index < -0.39 is 5.41 Å². The molecule has 1 saturated heterocycles. The van der Waals surface area contributed by atoms with Crippen molar-refractivity contribution in [3.63, 3.8) is 0 Å². The molecule has 1 fully saturated rings. The number of aryl methyl sites for hydroxylation is 6. The summed E-state index contributed by atoms with van der Waals surface area (Å²) in [5.41, 5.74) is 7.48. The van der Waals surface area contributed by atoms with Crippen LogP contribution in [0.25, 0.3) is 0 Å². The van der Waals surface area contributed by atoms with Crippen LogP contribution in [0.15, 0.2) is 54.6 Å². The van der Waals surface area contributed by atoms with Gasteiger partial charge in [-0.1, -0.05) is 65.7 Å². The van der Waals surface area contributed by atoms with Crippen molar-refractivity contribution in [1.29, 1.82) is 0 Å². The Hall–Kier alpha value is -3.23. The van der Waals surface area contributed by atoms with Crippen LogP contribution in [-0.2, 0) is 9.59 Å². The van der Waals surface area contributed by atoms with Crippen LogP contribution in [-0.4, -0.2) is 17.4 Å². The molecular formula is C30H33N2O2P. The molecule has 2 amide bonds. The standard InChI is InChI=1S/C30H33N2O2P/c1-18-14-20(3)25(21(4)15-18)31-27(33)30(7,8)28(34)32(26-22(5)16-19(2)17-23(26)6)29(31)35-24-12-10-9-11-13-24/h9-17H,1-8H3. The zero-order valence-corrected chi connectivity index (χ0v) is 22.7. The van der Waals surface area contributed by atoms with Gasteiger partial charge in [-0.25, -0.2) is 0 Å².